The second-order valence-corrected chi connectivity index (χ2v) is 6.41. The molecule has 5 nitrogen and oxygen atoms in total. The van der Waals surface area contributed by atoms with E-state index in [2.05, 4.69) is 35.5 Å². The molecular formula is C17H16N4OS2. The van der Waals surface area contributed by atoms with Crippen LogP contribution in [0.25, 0.3) is 10.8 Å². The first kappa shape index (κ1) is 16.5. The number of aryl methyl sites for hydroxylation is 1. The number of thiol groups is 2. The number of benzene rings is 3. The zero-order chi connectivity index (χ0) is 17.4. The smallest absolute Gasteiger partial charge is 0.154 e. The summed E-state index contributed by atoms with van der Waals surface area (Å²) in [6.45, 7) is 1.99. The number of phenolic OH excluding ortho intramolecular Hbond substituents is 1. The van der Waals surface area contributed by atoms with Crippen LogP contribution in [0.1, 0.15) is 5.56 Å². The average Bonchev–Trinajstić information content (AvgIpc) is 2.54. The SMILES string of the molecule is Cc1ccc(N=Nc2c(S)cc3c(S)cc(N)c(N)c3c2O)cc1. The van der Waals surface area contributed by atoms with Gasteiger partial charge in [-0.05, 0) is 31.2 Å². The molecule has 3 rings (SSSR count). The van der Waals surface area contributed by atoms with E-state index in [1.165, 1.54) is 0 Å². The summed E-state index contributed by atoms with van der Waals surface area (Å²) in [5.41, 5.74) is 14.5. The van der Waals surface area contributed by atoms with E-state index in [1.54, 1.807) is 12.1 Å². The summed E-state index contributed by atoms with van der Waals surface area (Å²) in [6.07, 6.45) is 0. The van der Waals surface area contributed by atoms with E-state index in [4.69, 9.17) is 11.5 Å². The van der Waals surface area contributed by atoms with Crippen LogP contribution in [0.5, 0.6) is 5.75 Å². The van der Waals surface area contributed by atoms with Gasteiger partial charge in [0.25, 0.3) is 0 Å². The zero-order valence-electron chi connectivity index (χ0n) is 12.9. The molecule has 0 amide bonds. The molecule has 0 fully saturated rings. The van der Waals surface area contributed by atoms with Gasteiger partial charge in [-0.2, -0.15) is 5.11 Å². The highest BCUT2D eigenvalue weighted by molar-refractivity contribution is 7.80. The Morgan fingerprint density at radius 2 is 1.62 bits per heavy atom. The third-order valence-electron chi connectivity index (χ3n) is 3.70. The van der Waals surface area contributed by atoms with Crippen molar-refractivity contribution in [3.63, 3.8) is 0 Å². The van der Waals surface area contributed by atoms with Gasteiger partial charge in [-0.3, -0.25) is 0 Å². The molecule has 0 aromatic heterocycles. The number of nitrogen functional groups attached to an aromatic ring is 2. The Morgan fingerprint density at radius 3 is 2.29 bits per heavy atom. The van der Waals surface area contributed by atoms with Gasteiger partial charge in [0.15, 0.2) is 5.75 Å². The molecular weight excluding hydrogens is 340 g/mol. The molecule has 5 N–H and O–H groups in total. The Balaban J connectivity index is 2.18. The van der Waals surface area contributed by atoms with Gasteiger partial charge in [-0.1, -0.05) is 17.7 Å². The van der Waals surface area contributed by atoms with E-state index < -0.39 is 0 Å². The summed E-state index contributed by atoms with van der Waals surface area (Å²) >= 11 is 8.77. The van der Waals surface area contributed by atoms with Crippen LogP contribution < -0.4 is 11.5 Å². The maximum atomic E-state index is 10.6. The average molecular weight is 356 g/mol. The van der Waals surface area contributed by atoms with Crippen molar-refractivity contribution < 1.29 is 5.11 Å². The van der Waals surface area contributed by atoms with Crippen molar-refractivity contribution in [2.24, 2.45) is 10.2 Å². The largest absolute Gasteiger partial charge is 0.505 e. The fourth-order valence-corrected chi connectivity index (χ4v) is 2.98. The Labute approximate surface area is 150 Å². The second-order valence-electron chi connectivity index (χ2n) is 5.45. The van der Waals surface area contributed by atoms with Crippen LogP contribution in [-0.4, -0.2) is 5.11 Å². The second kappa shape index (κ2) is 6.26. The van der Waals surface area contributed by atoms with Gasteiger partial charge in [-0.25, -0.2) is 0 Å². The number of azo groups is 1. The molecule has 122 valence electrons. The third-order valence-corrected chi connectivity index (χ3v) is 4.41. The van der Waals surface area contributed by atoms with E-state index in [9.17, 15) is 5.11 Å². The third kappa shape index (κ3) is 2.88. The van der Waals surface area contributed by atoms with Crippen LogP contribution in [0, 0.1) is 6.92 Å². The van der Waals surface area contributed by atoms with E-state index in [0.29, 0.717) is 31.9 Å². The maximum Gasteiger partial charge on any atom is 0.154 e. The molecule has 0 saturated heterocycles. The van der Waals surface area contributed by atoms with Crippen LogP contribution in [0.4, 0.5) is 22.7 Å². The molecule has 0 aliphatic rings. The van der Waals surface area contributed by atoms with Crippen molar-refractivity contribution in [2.45, 2.75) is 16.7 Å². The Morgan fingerprint density at radius 1 is 0.958 bits per heavy atom. The van der Waals surface area contributed by atoms with Crippen LogP contribution in [0.15, 0.2) is 56.4 Å². The molecule has 3 aromatic carbocycles. The van der Waals surface area contributed by atoms with Gasteiger partial charge in [0.05, 0.1) is 22.4 Å². The molecule has 24 heavy (non-hydrogen) atoms. The lowest BCUT2D eigenvalue weighted by Crippen LogP contribution is -1.96. The summed E-state index contributed by atoms with van der Waals surface area (Å²) < 4.78 is 0. The van der Waals surface area contributed by atoms with Crippen LogP contribution in [-0.2, 0) is 0 Å². The fourth-order valence-electron chi connectivity index (χ4n) is 2.38. The molecule has 0 bridgehead atoms. The normalized spacial score (nSPS) is 11.5. The molecule has 0 aliphatic heterocycles. The highest BCUT2D eigenvalue weighted by Crippen LogP contribution is 2.46. The molecule has 0 spiro atoms. The lowest BCUT2D eigenvalue weighted by molar-refractivity contribution is 0.481. The van der Waals surface area contributed by atoms with Gasteiger partial charge >= 0.3 is 0 Å². The minimum atomic E-state index is -0.117. The molecule has 0 heterocycles. The predicted molar refractivity (Wildman–Crippen MR) is 104 cm³/mol. The first-order valence-corrected chi connectivity index (χ1v) is 8.02. The molecule has 0 unspecified atom stereocenters. The van der Waals surface area contributed by atoms with Gasteiger partial charge in [0.2, 0.25) is 0 Å². The predicted octanol–water partition coefficient (Wildman–Crippen LogP) is 5.01. The monoisotopic (exact) mass is 356 g/mol. The Kier molecular flexibility index (Phi) is 4.29. The fraction of sp³-hybridized carbons (Fsp3) is 0.0588. The quantitative estimate of drug-likeness (QED) is 0.254. The topological polar surface area (TPSA) is 97.0 Å². The summed E-state index contributed by atoms with van der Waals surface area (Å²) in [7, 11) is 0. The Bertz CT molecular complexity index is 969. The number of hydrogen-bond acceptors (Lipinski definition) is 7. The van der Waals surface area contributed by atoms with Crippen LogP contribution >= 0.6 is 25.3 Å². The number of fused-ring (bicyclic) bond motifs is 1. The number of nitrogens with two attached hydrogens (primary N) is 2. The van der Waals surface area contributed by atoms with E-state index in [0.717, 1.165) is 5.56 Å². The van der Waals surface area contributed by atoms with Gasteiger partial charge in [-0.15, -0.1) is 30.4 Å². The van der Waals surface area contributed by atoms with Gasteiger partial charge < -0.3 is 16.6 Å². The van der Waals surface area contributed by atoms with Crippen LogP contribution in [0.3, 0.4) is 0 Å². The van der Waals surface area contributed by atoms with E-state index in [1.807, 2.05) is 31.2 Å². The summed E-state index contributed by atoms with van der Waals surface area (Å²) in [4.78, 5) is 1.07. The number of aromatic hydroxyl groups is 1. The number of rotatable bonds is 2. The first-order chi connectivity index (χ1) is 11.4. The highest BCUT2D eigenvalue weighted by Gasteiger charge is 2.16. The van der Waals surface area contributed by atoms with Crippen molar-refractivity contribution in [3.8, 4) is 5.75 Å². The molecule has 0 radical (unpaired) electrons. The summed E-state index contributed by atoms with van der Waals surface area (Å²) in [6, 6.07) is 10.9. The Hall–Kier alpha value is -2.38. The standard InChI is InChI=1S/C17H16N4OS2/c1-8-2-4-9(5-3-8)20-21-16-13(24)6-10-12(23)7-11(18)15(19)14(10)17(16)22/h2-7,22-24H,18-19H2,1H3. The highest BCUT2D eigenvalue weighted by atomic mass is 32.1. The van der Waals surface area contributed by atoms with Crippen molar-refractivity contribution >= 4 is 58.8 Å². The van der Waals surface area contributed by atoms with Crippen molar-refractivity contribution in [2.75, 3.05) is 11.5 Å². The van der Waals surface area contributed by atoms with Crippen molar-refractivity contribution in [3.05, 3.63) is 42.0 Å². The minimum absolute atomic E-state index is 0.117. The lowest BCUT2D eigenvalue weighted by atomic mass is 10.1. The number of phenols is 1. The van der Waals surface area contributed by atoms with Gasteiger partial charge in [0.1, 0.15) is 5.69 Å². The number of nitrogens with zero attached hydrogens (tertiary/aromatic N) is 2. The van der Waals surface area contributed by atoms with Crippen molar-refractivity contribution in [1.82, 2.24) is 0 Å². The molecule has 0 saturated carbocycles. The van der Waals surface area contributed by atoms with Crippen molar-refractivity contribution in [1.29, 1.82) is 0 Å². The zero-order valence-corrected chi connectivity index (χ0v) is 14.6. The van der Waals surface area contributed by atoms with E-state index in [-0.39, 0.29) is 17.1 Å². The molecule has 3 aromatic rings. The molecule has 0 aliphatic carbocycles. The van der Waals surface area contributed by atoms with E-state index >= 15 is 0 Å². The number of hydrogen-bond donors (Lipinski definition) is 5. The molecule has 7 heteroatoms. The minimum Gasteiger partial charge on any atom is -0.505 e. The summed E-state index contributed by atoms with van der Waals surface area (Å²) in [5.74, 6) is -0.117. The summed E-state index contributed by atoms with van der Waals surface area (Å²) in [5, 5.41) is 19.9. The maximum absolute atomic E-state index is 10.6. The van der Waals surface area contributed by atoms with Gasteiger partial charge in [0, 0.05) is 15.2 Å². The first-order valence-electron chi connectivity index (χ1n) is 7.12. The molecule has 0 atom stereocenters. The number of anilines is 2. The van der Waals surface area contributed by atoms with Crippen LogP contribution in [0.2, 0.25) is 0 Å². The lowest BCUT2D eigenvalue weighted by Gasteiger charge is -2.12.